The SMILES string of the molecule is Cc1ccnc([C@@H]2CCN(S(=O)(=O)C3CCCC3)C2)n1. The molecule has 1 atom stereocenters. The number of nitrogens with zero attached hydrogens (tertiary/aromatic N) is 3. The highest BCUT2D eigenvalue weighted by atomic mass is 32.2. The van der Waals surface area contributed by atoms with E-state index in [-0.39, 0.29) is 11.2 Å². The Balaban J connectivity index is 1.73. The molecule has 1 aromatic heterocycles. The maximum Gasteiger partial charge on any atom is 0.217 e. The topological polar surface area (TPSA) is 63.2 Å². The van der Waals surface area contributed by atoms with Gasteiger partial charge in [-0.1, -0.05) is 12.8 Å². The second kappa shape index (κ2) is 5.41. The maximum absolute atomic E-state index is 12.6. The van der Waals surface area contributed by atoms with Crippen molar-refractivity contribution in [3.8, 4) is 0 Å². The number of sulfonamides is 1. The summed E-state index contributed by atoms with van der Waals surface area (Å²) in [6, 6.07) is 1.87. The molecular weight excluding hydrogens is 274 g/mol. The monoisotopic (exact) mass is 295 g/mol. The Morgan fingerprint density at radius 2 is 2.00 bits per heavy atom. The van der Waals surface area contributed by atoms with E-state index in [1.807, 2.05) is 13.0 Å². The van der Waals surface area contributed by atoms with Gasteiger partial charge in [-0.15, -0.1) is 0 Å². The van der Waals surface area contributed by atoms with Crippen molar-refractivity contribution in [2.24, 2.45) is 0 Å². The molecule has 2 aliphatic rings. The minimum atomic E-state index is -3.11. The highest BCUT2D eigenvalue weighted by molar-refractivity contribution is 7.89. The molecular formula is C14H21N3O2S. The van der Waals surface area contributed by atoms with Crippen molar-refractivity contribution in [2.45, 2.75) is 50.2 Å². The summed E-state index contributed by atoms with van der Waals surface area (Å²) in [7, 11) is -3.11. The van der Waals surface area contributed by atoms with Crippen molar-refractivity contribution >= 4 is 10.0 Å². The highest BCUT2D eigenvalue weighted by Crippen LogP contribution is 2.32. The Bertz CT molecular complexity index is 582. The Kier molecular flexibility index (Phi) is 3.77. The summed E-state index contributed by atoms with van der Waals surface area (Å²) in [4.78, 5) is 8.74. The summed E-state index contributed by atoms with van der Waals surface area (Å²) in [5, 5.41) is -0.153. The molecule has 0 amide bonds. The van der Waals surface area contributed by atoms with E-state index in [9.17, 15) is 8.42 Å². The van der Waals surface area contributed by atoms with Crippen LogP contribution in [0.25, 0.3) is 0 Å². The van der Waals surface area contributed by atoms with Crippen molar-refractivity contribution in [2.75, 3.05) is 13.1 Å². The first-order valence-electron chi connectivity index (χ1n) is 7.36. The van der Waals surface area contributed by atoms with Crippen molar-refractivity contribution in [1.82, 2.24) is 14.3 Å². The van der Waals surface area contributed by atoms with Gasteiger partial charge in [0.05, 0.1) is 5.25 Å². The summed E-state index contributed by atoms with van der Waals surface area (Å²) in [6.45, 7) is 3.09. The molecule has 1 aromatic rings. The average Bonchev–Trinajstić information content (AvgIpc) is 3.11. The van der Waals surface area contributed by atoms with E-state index in [1.165, 1.54) is 0 Å². The van der Waals surface area contributed by atoms with Crippen molar-refractivity contribution in [3.05, 3.63) is 23.8 Å². The zero-order valence-electron chi connectivity index (χ0n) is 11.8. The molecule has 3 rings (SSSR count). The first kappa shape index (κ1) is 13.9. The normalized spacial score (nSPS) is 25.4. The fourth-order valence-electron chi connectivity index (χ4n) is 3.23. The Morgan fingerprint density at radius 3 is 2.70 bits per heavy atom. The number of aromatic nitrogens is 2. The summed E-state index contributed by atoms with van der Waals surface area (Å²) in [5.41, 5.74) is 0.937. The van der Waals surface area contributed by atoms with Crippen LogP contribution in [0.15, 0.2) is 12.3 Å². The minimum Gasteiger partial charge on any atom is -0.241 e. The van der Waals surface area contributed by atoms with Gasteiger partial charge in [0.25, 0.3) is 0 Å². The van der Waals surface area contributed by atoms with E-state index < -0.39 is 10.0 Å². The molecule has 2 heterocycles. The molecule has 0 spiro atoms. The second-order valence-electron chi connectivity index (χ2n) is 5.85. The van der Waals surface area contributed by atoms with E-state index in [2.05, 4.69) is 9.97 Å². The van der Waals surface area contributed by atoms with E-state index in [1.54, 1.807) is 10.5 Å². The summed E-state index contributed by atoms with van der Waals surface area (Å²) in [6.07, 6.45) is 6.32. The van der Waals surface area contributed by atoms with Gasteiger partial charge in [0.1, 0.15) is 5.82 Å². The van der Waals surface area contributed by atoms with Crippen molar-refractivity contribution < 1.29 is 8.42 Å². The molecule has 0 aromatic carbocycles. The largest absolute Gasteiger partial charge is 0.241 e. The summed E-state index contributed by atoms with van der Waals surface area (Å²) >= 11 is 0. The van der Waals surface area contributed by atoms with Crippen LogP contribution in [0.1, 0.15) is 49.5 Å². The van der Waals surface area contributed by atoms with Crippen LogP contribution in [0.5, 0.6) is 0 Å². The van der Waals surface area contributed by atoms with E-state index in [0.717, 1.165) is 43.6 Å². The number of rotatable bonds is 3. The number of aryl methyl sites for hydroxylation is 1. The van der Waals surface area contributed by atoms with Gasteiger partial charge in [-0.25, -0.2) is 22.7 Å². The minimum absolute atomic E-state index is 0.145. The van der Waals surface area contributed by atoms with Gasteiger partial charge in [0, 0.05) is 30.9 Å². The quantitative estimate of drug-likeness (QED) is 0.853. The molecule has 1 aliphatic carbocycles. The number of hydrogen-bond acceptors (Lipinski definition) is 4. The number of hydrogen-bond donors (Lipinski definition) is 0. The molecule has 1 saturated carbocycles. The molecule has 0 bridgehead atoms. The predicted molar refractivity (Wildman–Crippen MR) is 76.9 cm³/mol. The van der Waals surface area contributed by atoms with Crippen molar-refractivity contribution in [1.29, 1.82) is 0 Å². The van der Waals surface area contributed by atoms with Gasteiger partial charge in [-0.2, -0.15) is 0 Å². The maximum atomic E-state index is 12.6. The highest BCUT2D eigenvalue weighted by Gasteiger charge is 2.39. The van der Waals surface area contributed by atoms with Crippen LogP contribution in [-0.2, 0) is 10.0 Å². The summed E-state index contributed by atoms with van der Waals surface area (Å²) < 4.78 is 26.8. The zero-order chi connectivity index (χ0) is 14.2. The lowest BCUT2D eigenvalue weighted by atomic mass is 10.1. The first-order chi connectivity index (χ1) is 9.57. The lowest BCUT2D eigenvalue weighted by molar-refractivity contribution is 0.459. The Hall–Kier alpha value is -1.01. The molecule has 110 valence electrons. The second-order valence-corrected chi connectivity index (χ2v) is 8.06. The lowest BCUT2D eigenvalue weighted by Gasteiger charge is -2.20. The Morgan fingerprint density at radius 1 is 1.25 bits per heavy atom. The standard InChI is InChI=1S/C14H21N3O2S/c1-11-6-8-15-14(16-11)12-7-9-17(10-12)20(18,19)13-4-2-3-5-13/h6,8,12-13H,2-5,7,9-10H2,1H3/t12-/m1/s1. The lowest BCUT2D eigenvalue weighted by Crippen LogP contribution is -2.36. The zero-order valence-corrected chi connectivity index (χ0v) is 12.6. The fraction of sp³-hybridized carbons (Fsp3) is 0.714. The molecule has 0 radical (unpaired) electrons. The van der Waals surface area contributed by atoms with Crippen LogP contribution in [0.3, 0.4) is 0 Å². The molecule has 6 heteroatoms. The van der Waals surface area contributed by atoms with Crippen LogP contribution in [0.2, 0.25) is 0 Å². The van der Waals surface area contributed by atoms with Crippen LogP contribution in [0.4, 0.5) is 0 Å². The molecule has 0 unspecified atom stereocenters. The van der Waals surface area contributed by atoms with Gasteiger partial charge in [-0.05, 0) is 32.3 Å². The molecule has 1 saturated heterocycles. The predicted octanol–water partition coefficient (Wildman–Crippen LogP) is 1.85. The third-order valence-electron chi connectivity index (χ3n) is 4.41. The Labute approximate surface area is 120 Å². The van der Waals surface area contributed by atoms with Gasteiger partial charge in [0.2, 0.25) is 10.0 Å². The average molecular weight is 295 g/mol. The van der Waals surface area contributed by atoms with Gasteiger partial charge in [0.15, 0.2) is 0 Å². The fourth-order valence-corrected chi connectivity index (χ4v) is 5.33. The third-order valence-corrected chi connectivity index (χ3v) is 6.78. The molecule has 2 fully saturated rings. The molecule has 5 nitrogen and oxygen atoms in total. The third kappa shape index (κ3) is 2.59. The van der Waals surface area contributed by atoms with Crippen LogP contribution in [-0.4, -0.2) is 41.0 Å². The molecule has 20 heavy (non-hydrogen) atoms. The smallest absolute Gasteiger partial charge is 0.217 e. The van der Waals surface area contributed by atoms with Gasteiger partial charge >= 0.3 is 0 Å². The van der Waals surface area contributed by atoms with Crippen molar-refractivity contribution in [3.63, 3.8) is 0 Å². The van der Waals surface area contributed by atoms with E-state index >= 15 is 0 Å². The first-order valence-corrected chi connectivity index (χ1v) is 8.86. The van der Waals surface area contributed by atoms with E-state index in [0.29, 0.717) is 13.1 Å². The molecule has 1 aliphatic heterocycles. The van der Waals surface area contributed by atoms with Gasteiger partial charge in [-0.3, -0.25) is 0 Å². The van der Waals surface area contributed by atoms with Crippen LogP contribution in [0, 0.1) is 6.92 Å². The van der Waals surface area contributed by atoms with Gasteiger partial charge < -0.3 is 0 Å². The summed E-state index contributed by atoms with van der Waals surface area (Å²) in [5.74, 6) is 0.931. The van der Waals surface area contributed by atoms with Crippen LogP contribution >= 0.6 is 0 Å². The van der Waals surface area contributed by atoms with Crippen LogP contribution < -0.4 is 0 Å². The van der Waals surface area contributed by atoms with E-state index in [4.69, 9.17) is 0 Å². The molecule has 0 N–H and O–H groups in total.